The maximum atomic E-state index is 6.11. The van der Waals surface area contributed by atoms with Gasteiger partial charge in [0, 0.05) is 30.7 Å². The second-order valence-corrected chi connectivity index (χ2v) is 5.74. The van der Waals surface area contributed by atoms with Crippen molar-refractivity contribution in [2.75, 3.05) is 13.1 Å². The molecule has 0 spiro atoms. The Morgan fingerprint density at radius 1 is 1.10 bits per heavy atom. The topological polar surface area (TPSA) is 29.3 Å². The second-order valence-electron chi connectivity index (χ2n) is 5.30. The summed E-state index contributed by atoms with van der Waals surface area (Å²) in [6, 6.07) is 17.3. The van der Waals surface area contributed by atoms with E-state index >= 15 is 0 Å². The molecule has 0 fully saturated rings. The van der Waals surface area contributed by atoms with Gasteiger partial charge in [-0.3, -0.25) is 4.90 Å². The van der Waals surface area contributed by atoms with E-state index in [-0.39, 0.29) is 0 Å². The molecule has 0 aromatic heterocycles. The van der Waals surface area contributed by atoms with E-state index in [4.69, 9.17) is 17.3 Å². The Bertz CT molecular complexity index is 583. The molecule has 1 heterocycles. The molecule has 2 nitrogen and oxygen atoms in total. The van der Waals surface area contributed by atoms with Crippen molar-refractivity contribution in [1.29, 1.82) is 0 Å². The normalized spacial score (nSPS) is 18.8. The molecule has 2 N–H and O–H groups in total. The van der Waals surface area contributed by atoms with Gasteiger partial charge in [0.1, 0.15) is 0 Å². The SMILES string of the molecule is NCCN1Cc2cc(Cl)ccc2CC1c1ccccc1. The molecule has 104 valence electrons. The Balaban J connectivity index is 1.95. The van der Waals surface area contributed by atoms with Crippen LogP contribution in [-0.4, -0.2) is 18.0 Å². The molecule has 3 rings (SSSR count). The number of hydrogen-bond donors (Lipinski definition) is 1. The fourth-order valence-corrected chi connectivity index (χ4v) is 3.21. The Kier molecular flexibility index (Phi) is 4.06. The molecule has 0 amide bonds. The maximum absolute atomic E-state index is 6.11. The van der Waals surface area contributed by atoms with Gasteiger partial charge in [0.05, 0.1) is 0 Å². The maximum Gasteiger partial charge on any atom is 0.0409 e. The standard InChI is InChI=1S/C17H19ClN2/c18-16-7-6-14-11-17(13-4-2-1-3-5-13)20(9-8-19)12-15(14)10-16/h1-7,10,17H,8-9,11-12,19H2. The smallest absolute Gasteiger partial charge is 0.0409 e. The first-order valence-corrected chi connectivity index (χ1v) is 7.42. The summed E-state index contributed by atoms with van der Waals surface area (Å²) in [7, 11) is 0. The molecule has 1 atom stereocenters. The molecule has 2 aromatic carbocycles. The first kappa shape index (κ1) is 13.6. The van der Waals surface area contributed by atoms with Crippen LogP contribution in [0.1, 0.15) is 22.7 Å². The molecule has 20 heavy (non-hydrogen) atoms. The summed E-state index contributed by atoms with van der Waals surface area (Å²) in [5.41, 5.74) is 9.88. The predicted octanol–water partition coefficient (Wildman–Crippen LogP) is 3.40. The highest BCUT2D eigenvalue weighted by molar-refractivity contribution is 6.30. The fourth-order valence-electron chi connectivity index (χ4n) is 3.01. The van der Waals surface area contributed by atoms with E-state index in [1.54, 1.807) is 0 Å². The predicted molar refractivity (Wildman–Crippen MR) is 83.8 cm³/mol. The molecule has 1 aliphatic rings. The lowest BCUT2D eigenvalue weighted by Crippen LogP contribution is -2.37. The van der Waals surface area contributed by atoms with Crippen molar-refractivity contribution >= 4 is 11.6 Å². The van der Waals surface area contributed by atoms with E-state index < -0.39 is 0 Å². The van der Waals surface area contributed by atoms with Crippen molar-refractivity contribution in [3.63, 3.8) is 0 Å². The number of benzene rings is 2. The molecule has 0 radical (unpaired) electrons. The Hall–Kier alpha value is -1.35. The van der Waals surface area contributed by atoms with E-state index in [2.05, 4.69) is 47.4 Å². The molecule has 3 heteroatoms. The molecule has 0 aliphatic carbocycles. The third-order valence-electron chi connectivity index (χ3n) is 4.00. The van der Waals surface area contributed by atoms with E-state index in [9.17, 15) is 0 Å². The average molecular weight is 287 g/mol. The zero-order valence-corrected chi connectivity index (χ0v) is 12.2. The lowest BCUT2D eigenvalue weighted by molar-refractivity contribution is 0.177. The van der Waals surface area contributed by atoms with Gasteiger partial charge < -0.3 is 5.73 Å². The van der Waals surface area contributed by atoms with Crippen LogP contribution < -0.4 is 5.73 Å². The van der Waals surface area contributed by atoms with Gasteiger partial charge in [-0.15, -0.1) is 0 Å². The first-order valence-electron chi connectivity index (χ1n) is 7.04. The van der Waals surface area contributed by atoms with Gasteiger partial charge in [-0.25, -0.2) is 0 Å². The molecule has 0 bridgehead atoms. The number of nitrogens with two attached hydrogens (primary N) is 1. The number of hydrogen-bond acceptors (Lipinski definition) is 2. The Morgan fingerprint density at radius 2 is 1.90 bits per heavy atom. The number of fused-ring (bicyclic) bond motifs is 1. The molecule has 0 saturated carbocycles. The lowest BCUT2D eigenvalue weighted by atomic mass is 9.90. The molecule has 0 saturated heterocycles. The van der Waals surface area contributed by atoms with Crippen LogP contribution in [-0.2, 0) is 13.0 Å². The van der Waals surface area contributed by atoms with Crippen molar-refractivity contribution in [3.05, 3.63) is 70.2 Å². The average Bonchev–Trinajstić information content (AvgIpc) is 2.48. The Labute approximate surface area is 125 Å². The highest BCUT2D eigenvalue weighted by atomic mass is 35.5. The fraction of sp³-hybridized carbons (Fsp3) is 0.294. The quantitative estimate of drug-likeness (QED) is 0.937. The van der Waals surface area contributed by atoms with Crippen molar-refractivity contribution < 1.29 is 0 Å². The summed E-state index contributed by atoms with van der Waals surface area (Å²) in [4.78, 5) is 2.45. The van der Waals surface area contributed by atoms with Crippen LogP contribution in [0.4, 0.5) is 0 Å². The monoisotopic (exact) mass is 286 g/mol. The summed E-state index contributed by atoms with van der Waals surface area (Å²) >= 11 is 6.11. The van der Waals surface area contributed by atoms with Gasteiger partial charge in [0.2, 0.25) is 0 Å². The highest BCUT2D eigenvalue weighted by Crippen LogP contribution is 2.33. The minimum Gasteiger partial charge on any atom is -0.329 e. The van der Waals surface area contributed by atoms with Gasteiger partial charge in [-0.05, 0) is 35.2 Å². The zero-order chi connectivity index (χ0) is 13.9. The van der Waals surface area contributed by atoms with Crippen LogP contribution in [0.2, 0.25) is 5.02 Å². The van der Waals surface area contributed by atoms with Gasteiger partial charge in [0.15, 0.2) is 0 Å². The van der Waals surface area contributed by atoms with Crippen molar-refractivity contribution in [3.8, 4) is 0 Å². The number of halogens is 1. The Morgan fingerprint density at radius 3 is 2.65 bits per heavy atom. The molecular formula is C17H19ClN2. The van der Waals surface area contributed by atoms with Crippen molar-refractivity contribution in [1.82, 2.24) is 4.90 Å². The van der Waals surface area contributed by atoms with Gasteiger partial charge >= 0.3 is 0 Å². The van der Waals surface area contributed by atoms with Gasteiger partial charge in [-0.2, -0.15) is 0 Å². The minimum atomic E-state index is 0.411. The van der Waals surface area contributed by atoms with Crippen LogP contribution in [0.5, 0.6) is 0 Å². The lowest BCUT2D eigenvalue weighted by Gasteiger charge is -2.37. The zero-order valence-electron chi connectivity index (χ0n) is 11.4. The summed E-state index contributed by atoms with van der Waals surface area (Å²) in [6.45, 7) is 2.51. The van der Waals surface area contributed by atoms with E-state index in [1.807, 2.05) is 6.07 Å². The van der Waals surface area contributed by atoms with E-state index in [1.165, 1.54) is 16.7 Å². The van der Waals surface area contributed by atoms with Crippen molar-refractivity contribution in [2.45, 2.75) is 19.0 Å². The third kappa shape index (κ3) is 2.73. The van der Waals surface area contributed by atoms with Crippen LogP contribution >= 0.6 is 11.6 Å². The first-order chi connectivity index (χ1) is 9.78. The number of nitrogens with zero attached hydrogens (tertiary/aromatic N) is 1. The summed E-state index contributed by atoms with van der Waals surface area (Å²) < 4.78 is 0. The largest absolute Gasteiger partial charge is 0.329 e. The number of rotatable bonds is 3. The summed E-state index contributed by atoms with van der Waals surface area (Å²) in [5.74, 6) is 0. The van der Waals surface area contributed by atoms with Crippen LogP contribution in [0, 0.1) is 0 Å². The molecule has 1 aliphatic heterocycles. The molecular weight excluding hydrogens is 268 g/mol. The van der Waals surface area contributed by atoms with Gasteiger partial charge in [-0.1, -0.05) is 48.0 Å². The van der Waals surface area contributed by atoms with Crippen LogP contribution in [0.3, 0.4) is 0 Å². The van der Waals surface area contributed by atoms with E-state index in [0.717, 1.165) is 24.5 Å². The summed E-state index contributed by atoms with van der Waals surface area (Å²) in [5, 5.41) is 0.814. The second kappa shape index (κ2) is 5.96. The van der Waals surface area contributed by atoms with Crippen LogP contribution in [0.15, 0.2) is 48.5 Å². The molecule has 2 aromatic rings. The van der Waals surface area contributed by atoms with E-state index in [0.29, 0.717) is 12.6 Å². The van der Waals surface area contributed by atoms with Crippen molar-refractivity contribution in [2.24, 2.45) is 5.73 Å². The van der Waals surface area contributed by atoms with Crippen LogP contribution in [0.25, 0.3) is 0 Å². The third-order valence-corrected chi connectivity index (χ3v) is 4.23. The highest BCUT2D eigenvalue weighted by Gasteiger charge is 2.26. The van der Waals surface area contributed by atoms with Gasteiger partial charge in [0.25, 0.3) is 0 Å². The summed E-state index contributed by atoms with van der Waals surface area (Å²) in [6.07, 6.45) is 1.02. The minimum absolute atomic E-state index is 0.411. The molecule has 1 unspecified atom stereocenters.